The SMILES string of the molecule is Cc1cccc(NC(=O)C(C)OC(=O)/C=C/c2c(C)nn(-c3ccc(F)cc3)c2C)c1. The van der Waals surface area contributed by atoms with Crippen LogP contribution in [0.25, 0.3) is 11.8 Å². The lowest BCUT2D eigenvalue weighted by molar-refractivity contribution is -0.148. The number of carbonyl (C=O) groups is 2. The summed E-state index contributed by atoms with van der Waals surface area (Å²) >= 11 is 0. The van der Waals surface area contributed by atoms with E-state index in [4.69, 9.17) is 4.74 Å². The summed E-state index contributed by atoms with van der Waals surface area (Å²) in [5.74, 6) is -1.38. The minimum Gasteiger partial charge on any atom is -0.449 e. The summed E-state index contributed by atoms with van der Waals surface area (Å²) in [5, 5.41) is 7.18. The second-order valence-corrected chi connectivity index (χ2v) is 7.24. The van der Waals surface area contributed by atoms with Gasteiger partial charge >= 0.3 is 5.97 Å². The number of nitrogens with one attached hydrogen (secondary N) is 1. The molecular formula is C24H24FN3O3. The van der Waals surface area contributed by atoms with Crippen molar-refractivity contribution in [1.29, 1.82) is 0 Å². The molecule has 6 nitrogen and oxygen atoms in total. The maximum atomic E-state index is 13.2. The number of hydrogen-bond donors (Lipinski definition) is 1. The molecule has 1 heterocycles. The van der Waals surface area contributed by atoms with Gasteiger partial charge in [0, 0.05) is 23.0 Å². The molecule has 0 aliphatic carbocycles. The van der Waals surface area contributed by atoms with Crippen LogP contribution in [0.15, 0.2) is 54.6 Å². The van der Waals surface area contributed by atoms with E-state index < -0.39 is 18.0 Å². The van der Waals surface area contributed by atoms with E-state index in [-0.39, 0.29) is 5.82 Å². The van der Waals surface area contributed by atoms with Gasteiger partial charge in [0.2, 0.25) is 0 Å². The van der Waals surface area contributed by atoms with Crippen LogP contribution in [0.1, 0.15) is 29.4 Å². The highest BCUT2D eigenvalue weighted by atomic mass is 19.1. The van der Waals surface area contributed by atoms with E-state index >= 15 is 0 Å². The molecular weight excluding hydrogens is 397 g/mol. The Morgan fingerprint density at radius 3 is 2.52 bits per heavy atom. The van der Waals surface area contributed by atoms with E-state index in [9.17, 15) is 14.0 Å². The third kappa shape index (κ3) is 5.45. The summed E-state index contributed by atoms with van der Waals surface area (Å²) in [6, 6.07) is 13.3. The Hall–Kier alpha value is -3.74. The maximum Gasteiger partial charge on any atom is 0.331 e. The topological polar surface area (TPSA) is 73.2 Å². The highest BCUT2D eigenvalue weighted by Crippen LogP contribution is 2.19. The number of aromatic nitrogens is 2. The summed E-state index contributed by atoms with van der Waals surface area (Å²) < 4.78 is 20.1. The van der Waals surface area contributed by atoms with Crippen LogP contribution in [0, 0.1) is 26.6 Å². The molecule has 1 atom stereocenters. The largest absolute Gasteiger partial charge is 0.449 e. The van der Waals surface area contributed by atoms with Crippen LogP contribution in [0.4, 0.5) is 10.1 Å². The summed E-state index contributed by atoms with van der Waals surface area (Å²) in [6.07, 6.45) is 1.91. The van der Waals surface area contributed by atoms with Crippen molar-refractivity contribution in [3.8, 4) is 5.69 Å². The number of amides is 1. The Balaban J connectivity index is 1.65. The van der Waals surface area contributed by atoms with Gasteiger partial charge < -0.3 is 10.1 Å². The van der Waals surface area contributed by atoms with Crippen molar-refractivity contribution in [3.05, 3.63) is 82.9 Å². The van der Waals surface area contributed by atoms with Gasteiger partial charge in [0.25, 0.3) is 5.91 Å². The number of benzene rings is 2. The summed E-state index contributed by atoms with van der Waals surface area (Å²) in [6.45, 7) is 7.11. The zero-order valence-corrected chi connectivity index (χ0v) is 17.8. The van der Waals surface area contributed by atoms with Crippen molar-refractivity contribution >= 4 is 23.6 Å². The first-order chi connectivity index (χ1) is 14.7. The molecule has 1 aromatic heterocycles. The fourth-order valence-corrected chi connectivity index (χ4v) is 3.11. The molecule has 1 N–H and O–H groups in total. The Labute approximate surface area is 180 Å². The fraction of sp³-hybridized carbons (Fsp3) is 0.208. The predicted molar refractivity (Wildman–Crippen MR) is 117 cm³/mol. The lowest BCUT2D eigenvalue weighted by atomic mass is 10.2. The fourth-order valence-electron chi connectivity index (χ4n) is 3.11. The molecule has 1 unspecified atom stereocenters. The van der Waals surface area contributed by atoms with Crippen LogP contribution in [0.3, 0.4) is 0 Å². The summed E-state index contributed by atoms with van der Waals surface area (Å²) in [5.41, 5.74) is 4.61. The first-order valence-electron chi connectivity index (χ1n) is 9.83. The minimum atomic E-state index is -0.957. The van der Waals surface area contributed by atoms with Crippen LogP contribution < -0.4 is 5.32 Å². The van der Waals surface area contributed by atoms with E-state index in [1.54, 1.807) is 29.0 Å². The minimum absolute atomic E-state index is 0.325. The zero-order chi connectivity index (χ0) is 22.5. The average molecular weight is 421 g/mol. The van der Waals surface area contributed by atoms with Crippen molar-refractivity contribution in [3.63, 3.8) is 0 Å². The van der Waals surface area contributed by atoms with Crippen molar-refractivity contribution in [2.75, 3.05) is 5.32 Å². The number of aryl methyl sites for hydroxylation is 2. The van der Waals surface area contributed by atoms with E-state index in [0.29, 0.717) is 17.1 Å². The summed E-state index contributed by atoms with van der Waals surface area (Å²) in [4.78, 5) is 24.5. The number of carbonyl (C=O) groups excluding carboxylic acids is 2. The molecule has 2 aromatic carbocycles. The molecule has 0 saturated carbocycles. The van der Waals surface area contributed by atoms with E-state index in [1.165, 1.54) is 25.1 Å². The van der Waals surface area contributed by atoms with Crippen LogP contribution in [-0.4, -0.2) is 27.8 Å². The summed E-state index contributed by atoms with van der Waals surface area (Å²) in [7, 11) is 0. The van der Waals surface area contributed by atoms with Gasteiger partial charge in [0.05, 0.1) is 11.4 Å². The van der Waals surface area contributed by atoms with Gasteiger partial charge in [-0.3, -0.25) is 4.79 Å². The van der Waals surface area contributed by atoms with Crippen LogP contribution in [0.5, 0.6) is 0 Å². The Morgan fingerprint density at radius 1 is 1.13 bits per heavy atom. The molecule has 0 saturated heterocycles. The molecule has 3 aromatic rings. The number of ether oxygens (including phenoxy) is 1. The Morgan fingerprint density at radius 2 is 1.84 bits per heavy atom. The van der Waals surface area contributed by atoms with Crippen LogP contribution in [0.2, 0.25) is 0 Å². The molecule has 0 spiro atoms. The number of nitrogens with zero attached hydrogens (tertiary/aromatic N) is 2. The van der Waals surface area contributed by atoms with Crippen molar-refractivity contribution in [2.45, 2.75) is 33.8 Å². The standard InChI is InChI=1S/C24H24FN3O3/c1-15-6-5-7-20(14-15)26-24(30)18(4)31-23(29)13-12-22-16(2)27-28(17(22)3)21-10-8-19(25)9-11-21/h5-14,18H,1-4H3,(H,26,30)/b13-12+. The molecule has 0 bridgehead atoms. The molecule has 7 heteroatoms. The van der Waals surface area contributed by atoms with Crippen LogP contribution in [-0.2, 0) is 14.3 Å². The quantitative estimate of drug-likeness (QED) is 0.469. The average Bonchev–Trinajstić information content (AvgIpc) is 3.00. The van der Waals surface area contributed by atoms with E-state index in [1.807, 2.05) is 39.0 Å². The highest BCUT2D eigenvalue weighted by molar-refractivity contribution is 5.96. The van der Waals surface area contributed by atoms with E-state index in [2.05, 4.69) is 10.4 Å². The molecule has 3 rings (SSSR count). The third-order valence-electron chi connectivity index (χ3n) is 4.75. The number of halogens is 1. The number of rotatable bonds is 6. The van der Waals surface area contributed by atoms with Crippen molar-refractivity contribution in [2.24, 2.45) is 0 Å². The molecule has 1 amide bonds. The Kier molecular flexibility index (Phi) is 6.65. The number of hydrogen-bond acceptors (Lipinski definition) is 4. The van der Waals surface area contributed by atoms with Gasteiger partial charge in [0.15, 0.2) is 6.10 Å². The zero-order valence-electron chi connectivity index (χ0n) is 17.8. The molecule has 160 valence electrons. The van der Waals surface area contributed by atoms with Gasteiger partial charge in [-0.15, -0.1) is 0 Å². The smallest absolute Gasteiger partial charge is 0.331 e. The first-order valence-corrected chi connectivity index (χ1v) is 9.83. The van der Waals surface area contributed by atoms with Crippen molar-refractivity contribution < 1.29 is 18.7 Å². The normalized spacial score (nSPS) is 12.0. The lowest BCUT2D eigenvalue weighted by Gasteiger charge is -2.12. The lowest BCUT2D eigenvalue weighted by Crippen LogP contribution is -2.29. The van der Waals surface area contributed by atoms with Crippen LogP contribution >= 0.6 is 0 Å². The van der Waals surface area contributed by atoms with Crippen molar-refractivity contribution in [1.82, 2.24) is 9.78 Å². The maximum absolute atomic E-state index is 13.2. The van der Waals surface area contributed by atoms with Gasteiger partial charge in [-0.2, -0.15) is 5.10 Å². The molecule has 0 radical (unpaired) electrons. The second kappa shape index (κ2) is 9.38. The third-order valence-corrected chi connectivity index (χ3v) is 4.75. The first kappa shape index (κ1) is 22.0. The predicted octanol–water partition coefficient (Wildman–Crippen LogP) is 4.52. The highest BCUT2D eigenvalue weighted by Gasteiger charge is 2.17. The molecule has 31 heavy (non-hydrogen) atoms. The molecule has 0 aliphatic rings. The number of esters is 1. The second-order valence-electron chi connectivity index (χ2n) is 7.24. The van der Waals surface area contributed by atoms with E-state index in [0.717, 1.165) is 16.8 Å². The molecule has 0 aliphatic heterocycles. The monoisotopic (exact) mass is 421 g/mol. The van der Waals surface area contributed by atoms with Gasteiger partial charge in [0.1, 0.15) is 5.82 Å². The Bertz CT molecular complexity index is 1130. The number of anilines is 1. The van der Waals surface area contributed by atoms with Gasteiger partial charge in [-0.25, -0.2) is 13.9 Å². The van der Waals surface area contributed by atoms with Gasteiger partial charge in [-0.1, -0.05) is 12.1 Å². The van der Waals surface area contributed by atoms with Gasteiger partial charge in [-0.05, 0) is 75.7 Å². The molecule has 0 fully saturated rings.